The zero-order valence-electron chi connectivity index (χ0n) is 16.1. The Morgan fingerprint density at radius 1 is 1.27 bits per heavy atom. The zero-order valence-corrected chi connectivity index (χ0v) is 17.7. The Bertz CT molecular complexity index is 1150. The molecule has 0 unspecified atom stereocenters. The molecule has 1 aromatic carbocycles. The van der Waals surface area contributed by atoms with Crippen LogP contribution >= 0.6 is 23.4 Å². The van der Waals surface area contributed by atoms with Gasteiger partial charge in [0.15, 0.2) is 12.4 Å². The van der Waals surface area contributed by atoms with Crippen LogP contribution in [0.4, 0.5) is 0 Å². The minimum atomic E-state index is -0.0453. The van der Waals surface area contributed by atoms with Crippen molar-refractivity contribution in [1.29, 1.82) is 0 Å². The summed E-state index contributed by atoms with van der Waals surface area (Å²) >= 11 is 7.03. The number of H-pyrrole nitrogens is 1. The number of nitrogens with zero attached hydrogens (tertiary/aromatic N) is 5. The summed E-state index contributed by atoms with van der Waals surface area (Å²) in [6, 6.07) is 8.80. The number of benzene rings is 1. The van der Waals surface area contributed by atoms with Gasteiger partial charge in [0.1, 0.15) is 12.1 Å². The fourth-order valence-electron chi connectivity index (χ4n) is 2.91. The van der Waals surface area contributed by atoms with Crippen LogP contribution in [0.15, 0.2) is 46.3 Å². The van der Waals surface area contributed by atoms with Crippen molar-refractivity contribution in [2.24, 2.45) is 0 Å². The number of ketones is 1. The Labute approximate surface area is 180 Å². The third kappa shape index (κ3) is 4.39. The largest absolute Gasteiger partial charge is 0.484 e. The molecule has 4 rings (SSSR count). The fourth-order valence-corrected chi connectivity index (χ4v) is 3.70. The van der Waals surface area contributed by atoms with Gasteiger partial charge < -0.3 is 9.15 Å². The number of aromatic amines is 1. The lowest BCUT2D eigenvalue weighted by Crippen LogP contribution is -2.06. The molecule has 3 heterocycles. The van der Waals surface area contributed by atoms with Crippen molar-refractivity contribution in [3.63, 3.8) is 0 Å². The highest BCUT2D eigenvalue weighted by Crippen LogP contribution is 2.23. The molecule has 9 nitrogen and oxygen atoms in total. The van der Waals surface area contributed by atoms with Crippen LogP contribution in [0, 0.1) is 13.8 Å². The van der Waals surface area contributed by atoms with E-state index in [-0.39, 0.29) is 18.1 Å². The van der Waals surface area contributed by atoms with E-state index in [1.54, 1.807) is 24.3 Å². The van der Waals surface area contributed by atoms with Crippen molar-refractivity contribution < 1.29 is 13.9 Å². The summed E-state index contributed by atoms with van der Waals surface area (Å²) in [6.45, 7) is 3.90. The van der Waals surface area contributed by atoms with Gasteiger partial charge in [-0.2, -0.15) is 10.1 Å². The lowest BCUT2D eigenvalue weighted by Gasteiger charge is -2.04. The fraction of sp³-hybridized carbons (Fsp3) is 0.211. The van der Waals surface area contributed by atoms with Gasteiger partial charge in [0, 0.05) is 22.0 Å². The SMILES string of the molecule is Cc1cc(C(=O)CSc2nnc(COc3ccc(Cl)cc3)o2)c(C)n1-c1ncn[nH]1. The third-order valence-corrected chi connectivity index (χ3v) is 5.37. The van der Waals surface area contributed by atoms with Gasteiger partial charge in [0.2, 0.25) is 5.95 Å². The number of carbonyl (C=O) groups excluding carboxylic acids is 1. The van der Waals surface area contributed by atoms with Gasteiger partial charge in [-0.05, 0) is 44.2 Å². The van der Waals surface area contributed by atoms with Crippen molar-refractivity contribution >= 4 is 29.1 Å². The summed E-state index contributed by atoms with van der Waals surface area (Å²) in [5.41, 5.74) is 2.29. The maximum atomic E-state index is 12.7. The molecule has 154 valence electrons. The number of rotatable bonds is 8. The molecule has 0 saturated carbocycles. The molecule has 3 aromatic heterocycles. The second-order valence-corrected chi connectivity index (χ2v) is 7.71. The predicted molar refractivity (Wildman–Crippen MR) is 110 cm³/mol. The Balaban J connectivity index is 1.36. The van der Waals surface area contributed by atoms with Crippen LogP contribution in [-0.2, 0) is 6.61 Å². The lowest BCUT2D eigenvalue weighted by molar-refractivity contribution is 0.102. The smallest absolute Gasteiger partial charge is 0.277 e. The molecule has 30 heavy (non-hydrogen) atoms. The van der Waals surface area contributed by atoms with Crippen LogP contribution in [0.2, 0.25) is 5.02 Å². The first-order valence-electron chi connectivity index (χ1n) is 8.92. The first-order chi connectivity index (χ1) is 14.5. The molecule has 0 aliphatic carbocycles. The van der Waals surface area contributed by atoms with Crippen molar-refractivity contribution in [3.8, 4) is 11.7 Å². The maximum Gasteiger partial charge on any atom is 0.277 e. The number of aryl methyl sites for hydroxylation is 1. The highest BCUT2D eigenvalue weighted by molar-refractivity contribution is 7.99. The quantitative estimate of drug-likeness (QED) is 0.322. The van der Waals surface area contributed by atoms with Crippen LogP contribution in [-0.4, -0.2) is 41.5 Å². The van der Waals surface area contributed by atoms with E-state index in [1.807, 2.05) is 24.5 Å². The molecule has 0 radical (unpaired) electrons. The van der Waals surface area contributed by atoms with Crippen LogP contribution in [0.3, 0.4) is 0 Å². The predicted octanol–water partition coefficient (Wildman–Crippen LogP) is 3.80. The molecule has 0 atom stereocenters. The number of thioether (sulfide) groups is 1. The van der Waals surface area contributed by atoms with Gasteiger partial charge >= 0.3 is 0 Å². The lowest BCUT2D eigenvalue weighted by atomic mass is 10.2. The summed E-state index contributed by atoms with van der Waals surface area (Å²) in [6.07, 6.45) is 1.43. The normalized spacial score (nSPS) is 11.0. The molecule has 0 bridgehead atoms. The van der Waals surface area contributed by atoms with Crippen LogP contribution in [0.25, 0.3) is 5.95 Å². The number of nitrogens with one attached hydrogen (secondary N) is 1. The second-order valence-electron chi connectivity index (χ2n) is 6.35. The zero-order chi connectivity index (χ0) is 21.1. The standard InChI is InChI=1S/C19H17ClN6O3S/c1-11-7-15(12(2)26(11)18-21-10-22-24-18)16(27)9-30-19-25-23-17(29-19)8-28-14-5-3-13(20)4-6-14/h3-7,10H,8-9H2,1-2H3,(H,21,22,24). The molecular weight excluding hydrogens is 428 g/mol. The van der Waals surface area contributed by atoms with E-state index in [0.29, 0.717) is 33.4 Å². The van der Waals surface area contributed by atoms with Gasteiger partial charge in [-0.1, -0.05) is 23.4 Å². The van der Waals surface area contributed by atoms with Crippen molar-refractivity contribution in [2.45, 2.75) is 25.7 Å². The Morgan fingerprint density at radius 2 is 2.07 bits per heavy atom. The molecule has 0 spiro atoms. The van der Waals surface area contributed by atoms with E-state index >= 15 is 0 Å². The van der Waals surface area contributed by atoms with Crippen molar-refractivity contribution in [2.75, 3.05) is 5.75 Å². The molecule has 0 saturated heterocycles. The number of aromatic nitrogens is 6. The summed E-state index contributed by atoms with van der Waals surface area (Å²) in [5, 5.41) is 15.5. The Kier molecular flexibility index (Phi) is 5.86. The number of halogens is 1. The van der Waals surface area contributed by atoms with Crippen LogP contribution in [0.5, 0.6) is 5.75 Å². The number of carbonyl (C=O) groups is 1. The van der Waals surface area contributed by atoms with Gasteiger partial charge in [-0.3, -0.25) is 9.36 Å². The highest BCUT2D eigenvalue weighted by atomic mass is 35.5. The van der Waals surface area contributed by atoms with Crippen molar-refractivity contribution in [3.05, 3.63) is 64.5 Å². The van der Waals surface area contributed by atoms with E-state index in [2.05, 4.69) is 25.4 Å². The van der Waals surface area contributed by atoms with E-state index in [4.69, 9.17) is 20.8 Å². The molecule has 4 aromatic rings. The summed E-state index contributed by atoms with van der Waals surface area (Å²) < 4.78 is 13.0. The molecule has 1 N–H and O–H groups in total. The van der Waals surface area contributed by atoms with Gasteiger partial charge in [-0.15, -0.1) is 10.2 Å². The average Bonchev–Trinajstić information content (AvgIpc) is 3.47. The topological polar surface area (TPSA) is 112 Å². The molecule has 11 heteroatoms. The Hall–Kier alpha value is -3.11. The molecule has 0 aliphatic rings. The van der Waals surface area contributed by atoms with E-state index in [1.165, 1.54) is 18.1 Å². The monoisotopic (exact) mass is 444 g/mol. The van der Waals surface area contributed by atoms with E-state index in [0.717, 1.165) is 11.4 Å². The molecular formula is C19H17ClN6O3S. The van der Waals surface area contributed by atoms with Crippen LogP contribution in [0.1, 0.15) is 27.6 Å². The number of ether oxygens (including phenoxy) is 1. The Morgan fingerprint density at radius 3 is 2.80 bits per heavy atom. The number of hydrogen-bond donors (Lipinski definition) is 1. The minimum Gasteiger partial charge on any atom is -0.484 e. The molecule has 0 fully saturated rings. The maximum absolute atomic E-state index is 12.7. The van der Waals surface area contributed by atoms with Crippen molar-refractivity contribution in [1.82, 2.24) is 29.9 Å². The first-order valence-corrected chi connectivity index (χ1v) is 10.3. The average molecular weight is 445 g/mol. The molecule has 0 amide bonds. The summed E-state index contributed by atoms with van der Waals surface area (Å²) in [5.74, 6) is 1.66. The summed E-state index contributed by atoms with van der Waals surface area (Å²) in [7, 11) is 0. The number of hydrogen-bond acceptors (Lipinski definition) is 8. The van der Waals surface area contributed by atoms with E-state index < -0.39 is 0 Å². The van der Waals surface area contributed by atoms with Gasteiger partial charge in [-0.25, -0.2) is 5.10 Å². The highest BCUT2D eigenvalue weighted by Gasteiger charge is 2.19. The van der Waals surface area contributed by atoms with Crippen LogP contribution < -0.4 is 4.74 Å². The van der Waals surface area contributed by atoms with Gasteiger partial charge in [0.25, 0.3) is 11.1 Å². The van der Waals surface area contributed by atoms with E-state index in [9.17, 15) is 4.79 Å². The molecule has 0 aliphatic heterocycles. The number of Topliss-reactive ketones (excluding diaryl/α,β-unsaturated/α-hetero) is 1. The second kappa shape index (κ2) is 8.72. The first kappa shape index (κ1) is 20.2. The van der Waals surface area contributed by atoms with Gasteiger partial charge in [0.05, 0.1) is 5.75 Å². The third-order valence-electron chi connectivity index (χ3n) is 4.30. The summed E-state index contributed by atoms with van der Waals surface area (Å²) in [4.78, 5) is 16.9. The minimum absolute atomic E-state index is 0.0453.